The third-order valence-electron chi connectivity index (χ3n) is 8.04. The number of benzene rings is 1. The summed E-state index contributed by atoms with van der Waals surface area (Å²) in [4.78, 5) is 55.8. The van der Waals surface area contributed by atoms with Crippen LogP contribution >= 0.6 is 0 Å². The number of nitrogens with zero attached hydrogens (tertiary/aromatic N) is 2. The molecule has 1 saturated carbocycles. The second kappa shape index (κ2) is 12.6. The van der Waals surface area contributed by atoms with Crippen LogP contribution in [0.5, 0.6) is 5.75 Å². The number of piperidine rings is 1. The molecule has 3 heterocycles. The first-order valence-corrected chi connectivity index (χ1v) is 14.6. The lowest BCUT2D eigenvalue weighted by Crippen LogP contribution is -2.51. The summed E-state index contributed by atoms with van der Waals surface area (Å²) in [6, 6.07) is 9.54. The maximum Gasteiger partial charge on any atom is 0.321 e. The Bertz CT molecular complexity index is 1360. The van der Waals surface area contributed by atoms with Crippen molar-refractivity contribution in [3.8, 4) is 5.75 Å². The lowest BCUT2D eigenvalue weighted by molar-refractivity contribution is -0.144. The Balaban J connectivity index is 1.31. The zero-order valence-corrected chi connectivity index (χ0v) is 24.2. The molecule has 10 nitrogen and oxygen atoms in total. The molecule has 2 N–H and O–H groups in total. The summed E-state index contributed by atoms with van der Waals surface area (Å²) >= 11 is 0. The van der Waals surface area contributed by atoms with Gasteiger partial charge in [-0.15, -0.1) is 0 Å². The molecule has 2 unspecified atom stereocenters. The van der Waals surface area contributed by atoms with Gasteiger partial charge in [-0.05, 0) is 61.8 Å². The van der Waals surface area contributed by atoms with Crippen LogP contribution in [0.4, 0.5) is 8.78 Å². The van der Waals surface area contributed by atoms with Gasteiger partial charge in [-0.25, -0.2) is 4.98 Å². The lowest BCUT2D eigenvalue weighted by Gasteiger charge is -2.34. The standard InChI is InChI=1S/C31H36F2N4O6/c1-18(35-30(41)31(2,32)33)27(21-11-9-20(10-12-21)19-7-8-19)43-24-6-3-13-34-26(24)28(39)36-23-5-4-14-37(16-23)29(40)22-15-25(38)42-17-22/h3,6,9-13,18-19,22-23,27H,4-5,7-8,14-17H2,1-2H3,(H,35,41)(H,36,39)/t18?,22-,23+,27?/m1/s1. The fraction of sp³-hybridized carbons (Fsp3) is 0.516. The minimum Gasteiger partial charge on any atom is -0.481 e. The van der Waals surface area contributed by atoms with Gasteiger partial charge in [0.1, 0.15) is 12.7 Å². The minimum absolute atomic E-state index is 0.0142. The van der Waals surface area contributed by atoms with E-state index in [1.807, 2.05) is 24.3 Å². The van der Waals surface area contributed by atoms with Crippen LogP contribution in [0.25, 0.3) is 0 Å². The summed E-state index contributed by atoms with van der Waals surface area (Å²) < 4.78 is 38.7. The highest BCUT2D eigenvalue weighted by Crippen LogP contribution is 2.40. The van der Waals surface area contributed by atoms with Crippen LogP contribution in [0.3, 0.4) is 0 Å². The van der Waals surface area contributed by atoms with Crippen LogP contribution in [0.1, 0.15) is 79.6 Å². The summed E-state index contributed by atoms with van der Waals surface area (Å²) in [5, 5.41) is 5.28. The third kappa shape index (κ3) is 7.47. The number of esters is 1. The van der Waals surface area contributed by atoms with E-state index in [9.17, 15) is 28.0 Å². The van der Waals surface area contributed by atoms with Gasteiger partial charge >= 0.3 is 11.9 Å². The van der Waals surface area contributed by atoms with E-state index in [1.165, 1.54) is 11.8 Å². The van der Waals surface area contributed by atoms with Crippen LogP contribution < -0.4 is 15.4 Å². The number of rotatable bonds is 10. The Labute approximate surface area is 248 Å². The molecule has 1 aliphatic carbocycles. The molecular weight excluding hydrogens is 562 g/mol. The zero-order chi connectivity index (χ0) is 30.7. The van der Waals surface area contributed by atoms with Crippen molar-refractivity contribution in [1.29, 1.82) is 0 Å². The second-order valence-corrected chi connectivity index (χ2v) is 11.7. The smallest absolute Gasteiger partial charge is 0.321 e. The topological polar surface area (TPSA) is 127 Å². The van der Waals surface area contributed by atoms with Gasteiger partial charge in [0.25, 0.3) is 11.8 Å². The number of pyridine rings is 1. The summed E-state index contributed by atoms with van der Waals surface area (Å²) in [5.41, 5.74) is 1.80. The van der Waals surface area contributed by atoms with Crippen LogP contribution in [0, 0.1) is 5.92 Å². The maximum absolute atomic E-state index is 13.7. The van der Waals surface area contributed by atoms with Crippen molar-refractivity contribution in [3.63, 3.8) is 0 Å². The molecule has 3 aliphatic rings. The van der Waals surface area contributed by atoms with Gasteiger partial charge in [0, 0.05) is 32.3 Å². The summed E-state index contributed by atoms with van der Waals surface area (Å²) in [6.07, 6.45) is 4.14. The molecule has 2 aromatic rings. The van der Waals surface area contributed by atoms with Gasteiger partial charge in [0.15, 0.2) is 11.4 Å². The average Bonchev–Trinajstić information content (AvgIpc) is 3.75. The molecule has 2 aliphatic heterocycles. The van der Waals surface area contributed by atoms with Gasteiger partial charge in [0.05, 0.1) is 18.4 Å². The molecule has 1 aromatic carbocycles. The highest BCUT2D eigenvalue weighted by atomic mass is 19.3. The first-order chi connectivity index (χ1) is 20.5. The van der Waals surface area contributed by atoms with Crippen molar-refractivity contribution in [2.24, 2.45) is 5.92 Å². The van der Waals surface area contributed by atoms with E-state index in [1.54, 1.807) is 24.0 Å². The normalized spacial score (nSPS) is 21.9. The molecule has 5 rings (SSSR count). The molecule has 3 fully saturated rings. The summed E-state index contributed by atoms with van der Waals surface area (Å²) in [6.45, 7) is 2.97. The summed E-state index contributed by atoms with van der Waals surface area (Å²) in [5.74, 6) is -5.98. The Morgan fingerprint density at radius 3 is 2.53 bits per heavy atom. The number of ether oxygens (including phenoxy) is 2. The zero-order valence-electron chi connectivity index (χ0n) is 24.2. The molecule has 0 radical (unpaired) electrons. The van der Waals surface area contributed by atoms with Crippen molar-refractivity contribution in [2.45, 2.75) is 76.0 Å². The highest BCUT2D eigenvalue weighted by molar-refractivity contribution is 5.95. The highest BCUT2D eigenvalue weighted by Gasteiger charge is 2.37. The molecule has 12 heteroatoms. The van der Waals surface area contributed by atoms with Gasteiger partial charge in [-0.2, -0.15) is 8.78 Å². The molecule has 4 atom stereocenters. The number of hydrogen-bond donors (Lipinski definition) is 2. The lowest BCUT2D eigenvalue weighted by atomic mass is 10.00. The molecule has 1 aromatic heterocycles. The number of hydrogen-bond acceptors (Lipinski definition) is 7. The molecule has 43 heavy (non-hydrogen) atoms. The SMILES string of the molecule is CC(NC(=O)C(C)(F)F)C(Oc1cccnc1C(=O)N[C@H]1CCCN(C(=O)[C@H]2COC(=O)C2)C1)c1ccc(C2CC2)cc1. The van der Waals surface area contributed by atoms with E-state index in [0.29, 0.717) is 37.8 Å². The van der Waals surface area contributed by atoms with Crippen LogP contribution in [0.15, 0.2) is 42.6 Å². The van der Waals surface area contributed by atoms with E-state index in [2.05, 4.69) is 15.6 Å². The van der Waals surface area contributed by atoms with Crippen molar-refractivity contribution in [1.82, 2.24) is 20.5 Å². The van der Waals surface area contributed by atoms with E-state index >= 15 is 0 Å². The molecule has 230 valence electrons. The van der Waals surface area contributed by atoms with Crippen LogP contribution in [-0.4, -0.2) is 71.3 Å². The molecule has 0 bridgehead atoms. The van der Waals surface area contributed by atoms with Crippen molar-refractivity contribution in [2.75, 3.05) is 19.7 Å². The fourth-order valence-corrected chi connectivity index (χ4v) is 5.51. The molecule has 0 spiro atoms. The largest absolute Gasteiger partial charge is 0.481 e. The number of cyclic esters (lactones) is 1. The van der Waals surface area contributed by atoms with E-state index in [4.69, 9.17) is 9.47 Å². The Morgan fingerprint density at radius 1 is 1.14 bits per heavy atom. The van der Waals surface area contributed by atoms with E-state index in [-0.39, 0.29) is 43.0 Å². The molecular formula is C31H36F2N4O6. The molecule has 2 saturated heterocycles. The number of carbonyl (C=O) groups excluding carboxylic acids is 4. The van der Waals surface area contributed by atoms with Crippen molar-refractivity contribution >= 4 is 23.7 Å². The number of halogens is 2. The number of alkyl halides is 2. The third-order valence-corrected chi connectivity index (χ3v) is 8.04. The minimum atomic E-state index is -3.58. The van der Waals surface area contributed by atoms with Crippen LogP contribution in [-0.2, 0) is 19.1 Å². The number of carbonyl (C=O) groups is 4. The number of likely N-dealkylation sites (tertiary alicyclic amines) is 1. The predicted molar refractivity (Wildman–Crippen MR) is 150 cm³/mol. The Hall–Kier alpha value is -4.09. The first-order valence-electron chi connectivity index (χ1n) is 14.6. The number of aromatic nitrogens is 1. The number of nitrogens with one attached hydrogen (secondary N) is 2. The van der Waals surface area contributed by atoms with Crippen molar-refractivity contribution in [3.05, 3.63) is 59.4 Å². The average molecular weight is 599 g/mol. The Morgan fingerprint density at radius 2 is 1.88 bits per heavy atom. The van der Waals surface area contributed by atoms with Crippen molar-refractivity contribution < 1.29 is 37.4 Å². The number of amides is 3. The fourth-order valence-electron chi connectivity index (χ4n) is 5.51. The molecule has 3 amide bonds. The summed E-state index contributed by atoms with van der Waals surface area (Å²) in [7, 11) is 0. The maximum atomic E-state index is 13.7. The van der Waals surface area contributed by atoms with Gasteiger partial charge in [-0.1, -0.05) is 24.3 Å². The predicted octanol–water partition coefficient (Wildman–Crippen LogP) is 3.52. The quantitative estimate of drug-likeness (QED) is 0.401. The Kier molecular flexibility index (Phi) is 8.93. The second-order valence-electron chi connectivity index (χ2n) is 11.7. The van der Waals surface area contributed by atoms with E-state index < -0.39 is 41.8 Å². The van der Waals surface area contributed by atoms with Crippen LogP contribution in [0.2, 0.25) is 0 Å². The van der Waals surface area contributed by atoms with Gasteiger partial charge in [-0.3, -0.25) is 19.2 Å². The first kappa shape index (κ1) is 30.4. The monoisotopic (exact) mass is 598 g/mol. The van der Waals surface area contributed by atoms with Gasteiger partial charge < -0.3 is 25.0 Å². The van der Waals surface area contributed by atoms with E-state index in [0.717, 1.165) is 12.8 Å². The van der Waals surface area contributed by atoms with Gasteiger partial charge in [0.2, 0.25) is 5.91 Å².